The van der Waals surface area contributed by atoms with Crippen LogP contribution in [0.15, 0.2) is 46.8 Å². The van der Waals surface area contributed by atoms with Crippen LogP contribution in [0.3, 0.4) is 0 Å². The normalized spacial score (nSPS) is 21.7. The van der Waals surface area contributed by atoms with E-state index in [1.807, 2.05) is 49.1 Å². The molecule has 184 valence electrons. The number of nitriles is 1. The van der Waals surface area contributed by atoms with Gasteiger partial charge in [-0.1, -0.05) is 43.7 Å². The van der Waals surface area contributed by atoms with E-state index in [-0.39, 0.29) is 34.0 Å². The molecule has 1 heterocycles. The standard InChI is InChI=1S/C26H28ClFN4O2S/c1-25(2,22(33)30-3)14-11-16-5-8-18(9-6-16)32-24(35)31(23(34)26(32)12-4-13-26)19-10-7-17(15-29)20(27)21(19)28/h5-9,19H,4,10-14H2,1-3H3,(H,30,33). The summed E-state index contributed by atoms with van der Waals surface area (Å²) in [4.78, 5) is 28.9. The molecular weight excluding hydrogens is 487 g/mol. The molecule has 1 saturated carbocycles. The number of nitrogens with one attached hydrogen (secondary N) is 1. The van der Waals surface area contributed by atoms with Gasteiger partial charge in [0, 0.05) is 18.2 Å². The first kappa shape index (κ1) is 25.3. The van der Waals surface area contributed by atoms with Crippen LogP contribution in [0, 0.1) is 16.7 Å². The predicted molar refractivity (Wildman–Crippen MR) is 137 cm³/mol. The number of nitrogens with zero attached hydrogens (tertiary/aromatic N) is 3. The Kier molecular flexibility index (Phi) is 6.78. The summed E-state index contributed by atoms with van der Waals surface area (Å²) in [7, 11) is 1.64. The van der Waals surface area contributed by atoms with Crippen molar-refractivity contribution < 1.29 is 14.0 Å². The van der Waals surface area contributed by atoms with Gasteiger partial charge in [0.2, 0.25) is 5.91 Å². The van der Waals surface area contributed by atoms with Gasteiger partial charge in [0.15, 0.2) is 5.11 Å². The first-order valence-electron chi connectivity index (χ1n) is 11.7. The Morgan fingerprint density at radius 1 is 1.34 bits per heavy atom. The van der Waals surface area contributed by atoms with Crippen LogP contribution < -0.4 is 10.2 Å². The number of carbonyl (C=O) groups excluding carboxylic acids is 2. The van der Waals surface area contributed by atoms with Crippen molar-refractivity contribution in [2.75, 3.05) is 11.9 Å². The molecule has 0 aromatic heterocycles. The maximum Gasteiger partial charge on any atom is 0.255 e. The van der Waals surface area contributed by atoms with E-state index >= 15 is 4.39 Å². The molecule has 6 nitrogen and oxygen atoms in total. The van der Waals surface area contributed by atoms with Crippen LogP contribution in [-0.4, -0.2) is 40.5 Å². The average molecular weight is 515 g/mol. The summed E-state index contributed by atoms with van der Waals surface area (Å²) in [5, 5.41) is 11.9. The molecule has 0 radical (unpaired) electrons. The van der Waals surface area contributed by atoms with E-state index in [2.05, 4.69) is 5.32 Å². The second-order valence-electron chi connectivity index (χ2n) is 9.95. The lowest BCUT2D eigenvalue weighted by Crippen LogP contribution is -2.55. The summed E-state index contributed by atoms with van der Waals surface area (Å²) in [5.41, 5.74) is 0.629. The Balaban J connectivity index is 1.58. The van der Waals surface area contributed by atoms with Crippen LogP contribution in [-0.2, 0) is 16.0 Å². The second-order valence-corrected chi connectivity index (χ2v) is 10.7. The topological polar surface area (TPSA) is 76.4 Å². The highest BCUT2D eigenvalue weighted by Crippen LogP contribution is 2.48. The summed E-state index contributed by atoms with van der Waals surface area (Å²) in [6.07, 6.45) is 5.26. The number of hydrogen-bond acceptors (Lipinski definition) is 4. The van der Waals surface area contributed by atoms with Crippen LogP contribution in [0.5, 0.6) is 0 Å². The number of thiocarbonyl (C=S) groups is 1. The van der Waals surface area contributed by atoms with Gasteiger partial charge in [-0.25, -0.2) is 4.39 Å². The Labute approximate surface area is 215 Å². The molecule has 0 bridgehead atoms. The van der Waals surface area contributed by atoms with Gasteiger partial charge in [0.05, 0.1) is 16.6 Å². The molecule has 1 spiro atoms. The van der Waals surface area contributed by atoms with Crippen LogP contribution >= 0.6 is 23.8 Å². The predicted octanol–water partition coefficient (Wildman–Crippen LogP) is 4.89. The van der Waals surface area contributed by atoms with Gasteiger partial charge in [-0.3, -0.25) is 14.5 Å². The van der Waals surface area contributed by atoms with Crippen LogP contribution in [0.25, 0.3) is 0 Å². The Hall–Kier alpha value is -2.76. The minimum atomic E-state index is -0.951. The largest absolute Gasteiger partial charge is 0.359 e. The van der Waals surface area contributed by atoms with Crippen LogP contribution in [0.1, 0.15) is 51.5 Å². The Morgan fingerprint density at radius 3 is 2.54 bits per heavy atom. The molecule has 2 fully saturated rings. The SMILES string of the molecule is CNC(=O)C(C)(C)CCc1ccc(N2C(=S)N(C3CC=C(C#N)C(Cl)=C3F)C(=O)C23CCC3)cc1. The molecule has 1 aromatic carbocycles. The second kappa shape index (κ2) is 9.36. The van der Waals surface area contributed by atoms with E-state index in [9.17, 15) is 9.59 Å². The van der Waals surface area contributed by atoms with E-state index in [1.165, 1.54) is 4.90 Å². The monoisotopic (exact) mass is 514 g/mol. The zero-order valence-electron chi connectivity index (χ0n) is 20.0. The summed E-state index contributed by atoms with van der Waals surface area (Å²) in [6, 6.07) is 8.76. The third-order valence-electron chi connectivity index (χ3n) is 7.41. The molecule has 4 rings (SSSR count). The zero-order valence-corrected chi connectivity index (χ0v) is 21.6. The summed E-state index contributed by atoms with van der Waals surface area (Å²) >= 11 is 11.8. The maximum absolute atomic E-state index is 15.2. The van der Waals surface area contributed by atoms with Crippen LogP contribution in [0.4, 0.5) is 10.1 Å². The van der Waals surface area contributed by atoms with Gasteiger partial charge in [-0.05, 0) is 68.4 Å². The summed E-state index contributed by atoms with van der Waals surface area (Å²) < 4.78 is 15.2. The summed E-state index contributed by atoms with van der Waals surface area (Å²) in [6.45, 7) is 3.84. The van der Waals surface area contributed by atoms with E-state index in [0.29, 0.717) is 19.3 Å². The minimum absolute atomic E-state index is 0.00268. The number of carbonyl (C=O) groups is 2. The van der Waals surface area contributed by atoms with Crippen molar-refractivity contribution in [3.05, 3.63) is 52.3 Å². The highest BCUT2D eigenvalue weighted by atomic mass is 35.5. The fraction of sp³-hybridized carbons (Fsp3) is 0.462. The number of allylic oxidation sites excluding steroid dienone is 2. The van der Waals surface area contributed by atoms with Crippen molar-refractivity contribution in [3.8, 4) is 6.07 Å². The molecule has 1 aromatic rings. The molecule has 9 heteroatoms. The number of benzene rings is 1. The smallest absolute Gasteiger partial charge is 0.255 e. The van der Waals surface area contributed by atoms with Crippen molar-refractivity contribution in [1.82, 2.24) is 10.2 Å². The summed E-state index contributed by atoms with van der Waals surface area (Å²) in [5.74, 6) is -0.918. The lowest BCUT2D eigenvalue weighted by molar-refractivity contribution is -0.134. The van der Waals surface area contributed by atoms with Crippen LogP contribution in [0.2, 0.25) is 0 Å². The Morgan fingerprint density at radius 2 is 2.00 bits per heavy atom. The van der Waals surface area contributed by atoms with Crippen molar-refractivity contribution in [2.24, 2.45) is 5.41 Å². The van der Waals surface area contributed by atoms with Crippen molar-refractivity contribution in [3.63, 3.8) is 0 Å². The molecule has 35 heavy (non-hydrogen) atoms. The van der Waals surface area contributed by atoms with E-state index < -0.39 is 22.8 Å². The molecule has 1 atom stereocenters. The van der Waals surface area contributed by atoms with Gasteiger partial charge in [-0.15, -0.1) is 0 Å². The Bertz CT molecular complexity index is 1180. The van der Waals surface area contributed by atoms with Crippen molar-refractivity contribution >= 4 is 46.4 Å². The van der Waals surface area contributed by atoms with E-state index in [4.69, 9.17) is 29.1 Å². The number of aryl methyl sites for hydroxylation is 1. The fourth-order valence-corrected chi connectivity index (χ4v) is 5.75. The van der Waals surface area contributed by atoms with Crippen molar-refractivity contribution in [1.29, 1.82) is 5.26 Å². The molecule has 1 saturated heterocycles. The molecule has 1 aliphatic heterocycles. The highest BCUT2D eigenvalue weighted by molar-refractivity contribution is 7.80. The lowest BCUT2D eigenvalue weighted by Gasteiger charge is -2.43. The molecule has 1 N–H and O–H groups in total. The number of halogens is 2. The van der Waals surface area contributed by atoms with E-state index in [1.54, 1.807) is 13.1 Å². The van der Waals surface area contributed by atoms with Crippen molar-refractivity contribution in [2.45, 2.75) is 64.0 Å². The third kappa shape index (κ3) is 4.15. The first-order valence-corrected chi connectivity index (χ1v) is 12.5. The van der Waals surface area contributed by atoms with E-state index in [0.717, 1.165) is 24.1 Å². The van der Waals surface area contributed by atoms with Gasteiger partial charge in [-0.2, -0.15) is 5.26 Å². The molecule has 2 aliphatic carbocycles. The quantitative estimate of drug-likeness (QED) is 0.547. The lowest BCUT2D eigenvalue weighted by atomic mass is 9.75. The third-order valence-corrected chi connectivity index (χ3v) is 8.18. The maximum atomic E-state index is 15.2. The zero-order chi connectivity index (χ0) is 25.5. The first-order chi connectivity index (χ1) is 16.6. The molecule has 2 amide bonds. The van der Waals surface area contributed by atoms with Gasteiger partial charge >= 0.3 is 0 Å². The molecular formula is C26H28ClFN4O2S. The highest BCUT2D eigenvalue weighted by Gasteiger charge is 2.61. The number of hydrogen-bond donors (Lipinski definition) is 1. The minimum Gasteiger partial charge on any atom is -0.359 e. The van der Waals surface area contributed by atoms with Gasteiger partial charge < -0.3 is 10.2 Å². The fourth-order valence-electron chi connectivity index (χ4n) is 5.01. The molecule has 1 unspecified atom stereocenters. The average Bonchev–Trinajstić information content (AvgIpc) is 3.06. The number of amides is 2. The number of anilines is 1. The molecule has 3 aliphatic rings. The number of rotatable bonds is 6. The van der Waals surface area contributed by atoms with Gasteiger partial charge in [0.1, 0.15) is 17.4 Å². The van der Waals surface area contributed by atoms with Gasteiger partial charge in [0.25, 0.3) is 5.91 Å².